The summed E-state index contributed by atoms with van der Waals surface area (Å²) < 4.78 is 26.1. The van der Waals surface area contributed by atoms with E-state index in [0.29, 0.717) is 6.54 Å². The second-order valence-corrected chi connectivity index (χ2v) is 4.99. The van der Waals surface area contributed by atoms with Gasteiger partial charge in [0.05, 0.1) is 6.42 Å². The summed E-state index contributed by atoms with van der Waals surface area (Å²) >= 11 is 3.37. The highest BCUT2D eigenvalue weighted by atomic mass is 79.9. The van der Waals surface area contributed by atoms with Crippen molar-refractivity contribution < 1.29 is 13.6 Å². The van der Waals surface area contributed by atoms with Gasteiger partial charge in [-0.3, -0.25) is 4.79 Å². The molecule has 0 radical (unpaired) electrons. The minimum absolute atomic E-state index is 0.0742. The van der Waals surface area contributed by atoms with Gasteiger partial charge in [0.15, 0.2) is 11.6 Å². The summed E-state index contributed by atoms with van der Waals surface area (Å²) in [6, 6.07) is 3.83. The van der Waals surface area contributed by atoms with Crippen LogP contribution in [-0.4, -0.2) is 17.3 Å². The molecule has 1 aromatic rings. The van der Waals surface area contributed by atoms with Crippen LogP contribution in [0.3, 0.4) is 0 Å². The van der Waals surface area contributed by atoms with Crippen LogP contribution in [-0.2, 0) is 11.2 Å². The van der Waals surface area contributed by atoms with Gasteiger partial charge >= 0.3 is 0 Å². The summed E-state index contributed by atoms with van der Waals surface area (Å²) in [5.74, 6) is -2.19. The van der Waals surface area contributed by atoms with Crippen LogP contribution in [0.15, 0.2) is 18.2 Å². The van der Waals surface area contributed by atoms with Crippen molar-refractivity contribution in [2.24, 2.45) is 0 Å². The molecule has 0 aromatic heterocycles. The Morgan fingerprint density at radius 1 is 1.47 bits per heavy atom. The molecule has 1 atom stereocenters. The van der Waals surface area contributed by atoms with E-state index < -0.39 is 11.6 Å². The van der Waals surface area contributed by atoms with E-state index in [4.69, 9.17) is 0 Å². The average Bonchev–Trinajstić information content (AvgIpc) is 2.32. The first-order valence-corrected chi connectivity index (χ1v) is 6.29. The van der Waals surface area contributed by atoms with Crippen LogP contribution in [0.4, 0.5) is 8.78 Å². The number of halogens is 3. The number of rotatable bonds is 5. The lowest BCUT2D eigenvalue weighted by Gasteiger charge is -2.09. The molecule has 2 nitrogen and oxygen atoms in total. The third-order valence-corrected chi connectivity index (χ3v) is 3.32. The van der Waals surface area contributed by atoms with Crippen LogP contribution in [0.25, 0.3) is 0 Å². The predicted molar refractivity (Wildman–Crippen MR) is 66.1 cm³/mol. The lowest BCUT2D eigenvalue weighted by atomic mass is 10.1. The number of carbonyl (C=O) groups is 1. The highest BCUT2D eigenvalue weighted by Crippen LogP contribution is 2.11. The molecule has 0 aliphatic heterocycles. The van der Waals surface area contributed by atoms with Gasteiger partial charge in [-0.15, -0.1) is 0 Å². The van der Waals surface area contributed by atoms with Crippen molar-refractivity contribution in [3.63, 3.8) is 0 Å². The molecular formula is C12H14BrF2NO. The van der Waals surface area contributed by atoms with Gasteiger partial charge in [0.25, 0.3) is 0 Å². The fourth-order valence-electron chi connectivity index (χ4n) is 1.29. The monoisotopic (exact) mass is 305 g/mol. The molecule has 17 heavy (non-hydrogen) atoms. The average molecular weight is 306 g/mol. The molecule has 1 unspecified atom stereocenters. The van der Waals surface area contributed by atoms with E-state index in [1.807, 2.05) is 6.92 Å². The maximum Gasteiger partial charge on any atom is 0.224 e. The van der Waals surface area contributed by atoms with Gasteiger partial charge in [0.1, 0.15) is 0 Å². The maximum absolute atomic E-state index is 13.3. The van der Waals surface area contributed by atoms with E-state index in [-0.39, 0.29) is 22.7 Å². The third-order valence-electron chi connectivity index (χ3n) is 2.35. The van der Waals surface area contributed by atoms with Crippen molar-refractivity contribution in [3.05, 3.63) is 35.4 Å². The molecule has 1 amide bonds. The van der Waals surface area contributed by atoms with Crippen LogP contribution in [0, 0.1) is 11.6 Å². The number of benzene rings is 1. The highest BCUT2D eigenvalue weighted by molar-refractivity contribution is 9.09. The molecule has 1 aromatic carbocycles. The Labute approximate surface area is 108 Å². The summed E-state index contributed by atoms with van der Waals surface area (Å²) in [6.07, 6.45) is 0.738. The first kappa shape index (κ1) is 14.1. The van der Waals surface area contributed by atoms with E-state index in [2.05, 4.69) is 21.2 Å². The minimum Gasteiger partial charge on any atom is -0.355 e. The third kappa shape index (κ3) is 4.42. The lowest BCUT2D eigenvalue weighted by Crippen LogP contribution is -2.30. The Morgan fingerprint density at radius 3 is 2.82 bits per heavy atom. The smallest absolute Gasteiger partial charge is 0.224 e. The quantitative estimate of drug-likeness (QED) is 0.833. The predicted octanol–water partition coefficient (Wildman–Crippen LogP) is 2.80. The Hall–Kier alpha value is -0.970. The first-order chi connectivity index (χ1) is 8.04. The molecule has 94 valence electrons. The van der Waals surface area contributed by atoms with Crippen molar-refractivity contribution in [2.45, 2.75) is 24.6 Å². The van der Waals surface area contributed by atoms with Crippen LogP contribution >= 0.6 is 15.9 Å². The molecule has 0 heterocycles. The van der Waals surface area contributed by atoms with Crippen molar-refractivity contribution in [1.82, 2.24) is 5.32 Å². The van der Waals surface area contributed by atoms with E-state index in [1.165, 1.54) is 12.1 Å². The van der Waals surface area contributed by atoms with Gasteiger partial charge < -0.3 is 5.32 Å². The zero-order valence-electron chi connectivity index (χ0n) is 9.47. The van der Waals surface area contributed by atoms with Gasteiger partial charge in [-0.25, -0.2) is 8.78 Å². The van der Waals surface area contributed by atoms with E-state index in [1.54, 1.807) is 0 Å². The molecule has 0 spiro atoms. The molecule has 0 fully saturated rings. The van der Waals surface area contributed by atoms with Crippen LogP contribution < -0.4 is 5.32 Å². The zero-order valence-corrected chi connectivity index (χ0v) is 11.1. The number of hydrogen-bond acceptors (Lipinski definition) is 1. The van der Waals surface area contributed by atoms with E-state index in [9.17, 15) is 13.6 Å². The van der Waals surface area contributed by atoms with Crippen LogP contribution in [0.5, 0.6) is 0 Å². The molecule has 0 bridgehead atoms. The summed E-state index contributed by atoms with van der Waals surface area (Å²) in [4.78, 5) is 11.7. The summed E-state index contributed by atoms with van der Waals surface area (Å²) in [5, 5.41) is 2.65. The molecule has 0 aliphatic carbocycles. The Kier molecular flexibility index (Phi) is 5.55. The van der Waals surface area contributed by atoms with Gasteiger partial charge in [-0.2, -0.15) is 0 Å². The fraction of sp³-hybridized carbons (Fsp3) is 0.417. The Morgan fingerprint density at radius 2 is 2.18 bits per heavy atom. The van der Waals surface area contributed by atoms with Crippen molar-refractivity contribution >= 4 is 21.8 Å². The molecule has 0 saturated carbocycles. The maximum atomic E-state index is 13.3. The number of hydrogen-bond donors (Lipinski definition) is 1. The van der Waals surface area contributed by atoms with E-state index >= 15 is 0 Å². The van der Waals surface area contributed by atoms with Gasteiger partial charge in [0.2, 0.25) is 5.91 Å². The van der Waals surface area contributed by atoms with Gasteiger partial charge in [-0.05, 0) is 12.5 Å². The molecule has 5 heteroatoms. The second kappa shape index (κ2) is 6.69. The minimum atomic E-state index is -0.950. The fourth-order valence-corrected chi connectivity index (χ4v) is 1.45. The van der Waals surface area contributed by atoms with Crippen molar-refractivity contribution in [1.29, 1.82) is 0 Å². The van der Waals surface area contributed by atoms with Gasteiger partial charge in [-0.1, -0.05) is 35.0 Å². The highest BCUT2D eigenvalue weighted by Gasteiger charge is 2.12. The molecule has 1 rings (SSSR count). The zero-order chi connectivity index (χ0) is 12.8. The number of nitrogens with one attached hydrogen (secondary N) is 1. The van der Waals surface area contributed by atoms with Crippen LogP contribution in [0.2, 0.25) is 0 Å². The molecular weight excluding hydrogens is 292 g/mol. The first-order valence-electron chi connectivity index (χ1n) is 5.38. The summed E-state index contributed by atoms with van der Waals surface area (Å²) in [7, 11) is 0. The summed E-state index contributed by atoms with van der Waals surface area (Å²) in [5.41, 5.74) is 0.0742. The van der Waals surface area contributed by atoms with Crippen LogP contribution in [0.1, 0.15) is 18.9 Å². The van der Waals surface area contributed by atoms with Gasteiger partial charge in [0, 0.05) is 16.9 Å². The van der Waals surface area contributed by atoms with E-state index in [0.717, 1.165) is 12.5 Å². The number of carbonyl (C=O) groups excluding carboxylic acids is 1. The topological polar surface area (TPSA) is 29.1 Å². The molecule has 0 aliphatic rings. The summed E-state index contributed by atoms with van der Waals surface area (Å²) in [6.45, 7) is 2.46. The number of alkyl halides is 1. The lowest BCUT2D eigenvalue weighted by molar-refractivity contribution is -0.120. The Bertz CT molecular complexity index is 398. The standard InChI is InChI=1S/C12H14BrF2NO/c1-2-9(13)7-16-11(17)6-8-4-3-5-10(14)12(8)15/h3-5,9H,2,6-7H2,1H3,(H,16,17). The molecule has 0 saturated heterocycles. The molecule has 1 N–H and O–H groups in total. The SMILES string of the molecule is CCC(Br)CNC(=O)Cc1cccc(F)c1F. The van der Waals surface area contributed by atoms with Crippen molar-refractivity contribution in [2.75, 3.05) is 6.54 Å². The number of amides is 1. The van der Waals surface area contributed by atoms with Crippen molar-refractivity contribution in [3.8, 4) is 0 Å². The largest absolute Gasteiger partial charge is 0.355 e. The second-order valence-electron chi connectivity index (χ2n) is 3.70. The normalized spacial score (nSPS) is 12.2. The Balaban J connectivity index is 2.54.